The molecule has 0 fully saturated rings. The van der Waals surface area contributed by atoms with Crippen LogP contribution in [0.15, 0.2) is 59.5 Å². The molecule has 0 aliphatic rings. The molecule has 0 bridgehead atoms. The Morgan fingerprint density at radius 2 is 1.81 bits per heavy atom. The van der Waals surface area contributed by atoms with Crippen molar-refractivity contribution >= 4 is 34.2 Å². The molecular formula is C20H11Cl2N3O2. The molecule has 132 valence electrons. The molecule has 4 aromatic rings. The summed E-state index contributed by atoms with van der Waals surface area (Å²) >= 11 is 12.2. The van der Waals surface area contributed by atoms with Crippen LogP contribution in [0.3, 0.4) is 0 Å². The van der Waals surface area contributed by atoms with Crippen molar-refractivity contribution in [2.24, 2.45) is 0 Å². The summed E-state index contributed by atoms with van der Waals surface area (Å²) in [6.07, 6.45) is 1.71. The fraction of sp³-hybridized carbons (Fsp3) is 0. The molecule has 0 spiro atoms. The lowest BCUT2D eigenvalue weighted by molar-refractivity contribution is 0.476. The predicted octanol–water partition coefficient (Wildman–Crippen LogP) is 4.87. The number of halogens is 2. The van der Waals surface area contributed by atoms with Gasteiger partial charge in [0.25, 0.3) is 5.56 Å². The Hall–Kier alpha value is -3.20. The number of hydrogen-bond donors (Lipinski definition) is 2. The first kappa shape index (κ1) is 17.2. The summed E-state index contributed by atoms with van der Waals surface area (Å²) in [5.74, 6) is -0.342. The molecule has 27 heavy (non-hydrogen) atoms. The SMILES string of the molecule is N#Cc1c(O)c2c(ccn2-c2ccc(-c3ccc(Cl)cc3Cl)cc2)[nH]c1=O. The average Bonchev–Trinajstić information content (AvgIpc) is 3.06. The van der Waals surface area contributed by atoms with Gasteiger partial charge in [0.2, 0.25) is 0 Å². The maximum Gasteiger partial charge on any atom is 0.270 e. The quantitative estimate of drug-likeness (QED) is 0.507. The Labute approximate surface area is 163 Å². The maximum atomic E-state index is 11.8. The summed E-state index contributed by atoms with van der Waals surface area (Å²) in [6.45, 7) is 0. The van der Waals surface area contributed by atoms with Gasteiger partial charge in [0.05, 0.1) is 5.52 Å². The molecule has 2 aromatic carbocycles. The van der Waals surface area contributed by atoms with Crippen LogP contribution in [-0.4, -0.2) is 14.7 Å². The summed E-state index contributed by atoms with van der Waals surface area (Å²) in [6, 6.07) is 16.2. The highest BCUT2D eigenvalue weighted by atomic mass is 35.5. The van der Waals surface area contributed by atoms with E-state index in [0.717, 1.165) is 16.8 Å². The predicted molar refractivity (Wildman–Crippen MR) is 106 cm³/mol. The van der Waals surface area contributed by atoms with Gasteiger partial charge in [-0.1, -0.05) is 41.4 Å². The highest BCUT2D eigenvalue weighted by Crippen LogP contribution is 2.32. The van der Waals surface area contributed by atoms with Gasteiger partial charge >= 0.3 is 0 Å². The molecule has 4 rings (SSSR count). The van der Waals surface area contributed by atoms with Crippen LogP contribution in [0, 0.1) is 11.3 Å². The molecule has 0 unspecified atom stereocenters. The Kier molecular flexibility index (Phi) is 4.15. The van der Waals surface area contributed by atoms with Crippen LogP contribution in [-0.2, 0) is 0 Å². The molecule has 0 aliphatic carbocycles. The van der Waals surface area contributed by atoms with Gasteiger partial charge in [-0.2, -0.15) is 5.26 Å². The molecule has 2 heterocycles. The lowest BCUT2D eigenvalue weighted by Crippen LogP contribution is -2.10. The number of aromatic nitrogens is 2. The largest absolute Gasteiger partial charge is 0.504 e. The third-order valence-electron chi connectivity index (χ3n) is 4.32. The van der Waals surface area contributed by atoms with Crippen LogP contribution in [0.25, 0.3) is 27.8 Å². The Morgan fingerprint density at radius 3 is 2.48 bits per heavy atom. The van der Waals surface area contributed by atoms with Crippen LogP contribution >= 0.6 is 23.2 Å². The summed E-state index contributed by atoms with van der Waals surface area (Å²) in [5, 5.41) is 20.6. The zero-order valence-corrected chi connectivity index (χ0v) is 15.2. The second-order valence-electron chi connectivity index (χ2n) is 5.91. The zero-order chi connectivity index (χ0) is 19.1. The molecule has 2 N–H and O–H groups in total. The first-order valence-corrected chi connectivity index (χ1v) is 8.67. The van der Waals surface area contributed by atoms with Gasteiger partial charge in [0, 0.05) is 27.5 Å². The number of aromatic amines is 1. The van der Waals surface area contributed by atoms with Crippen molar-refractivity contribution in [2.75, 3.05) is 0 Å². The lowest BCUT2D eigenvalue weighted by Gasteiger charge is -2.10. The molecule has 0 saturated carbocycles. The number of rotatable bonds is 2. The topological polar surface area (TPSA) is 81.8 Å². The van der Waals surface area contributed by atoms with Crippen molar-refractivity contribution in [2.45, 2.75) is 0 Å². The van der Waals surface area contributed by atoms with E-state index in [9.17, 15) is 9.90 Å². The molecule has 0 atom stereocenters. The van der Waals surface area contributed by atoms with Crippen LogP contribution < -0.4 is 5.56 Å². The van der Waals surface area contributed by atoms with Gasteiger partial charge in [-0.05, 0) is 35.9 Å². The fourth-order valence-electron chi connectivity index (χ4n) is 3.03. The number of pyridine rings is 1. The minimum absolute atomic E-state index is 0.313. The minimum Gasteiger partial charge on any atom is -0.504 e. The number of nitriles is 1. The van der Waals surface area contributed by atoms with Crippen LogP contribution in [0.4, 0.5) is 0 Å². The number of aromatic hydroxyl groups is 1. The Morgan fingerprint density at radius 1 is 1.07 bits per heavy atom. The zero-order valence-electron chi connectivity index (χ0n) is 13.7. The Balaban J connectivity index is 1.83. The molecule has 0 saturated heterocycles. The molecule has 0 radical (unpaired) electrons. The van der Waals surface area contributed by atoms with Crippen LogP contribution in [0.1, 0.15) is 5.56 Å². The number of fused-ring (bicyclic) bond motifs is 1. The van der Waals surface area contributed by atoms with Crippen molar-refractivity contribution in [3.63, 3.8) is 0 Å². The number of nitrogens with one attached hydrogen (secondary N) is 1. The maximum absolute atomic E-state index is 11.8. The van der Waals surface area contributed by atoms with Crippen LogP contribution in [0.2, 0.25) is 10.0 Å². The van der Waals surface area contributed by atoms with Gasteiger partial charge in [0.15, 0.2) is 11.3 Å². The third-order valence-corrected chi connectivity index (χ3v) is 4.87. The summed E-state index contributed by atoms with van der Waals surface area (Å²) in [5.41, 5.74) is 2.39. The van der Waals surface area contributed by atoms with Crippen molar-refractivity contribution in [1.82, 2.24) is 9.55 Å². The normalized spacial score (nSPS) is 10.9. The summed E-state index contributed by atoms with van der Waals surface area (Å²) in [4.78, 5) is 14.4. The number of nitrogens with zero attached hydrogens (tertiary/aromatic N) is 2. The van der Waals surface area contributed by atoms with Crippen molar-refractivity contribution in [1.29, 1.82) is 5.26 Å². The van der Waals surface area contributed by atoms with Gasteiger partial charge in [-0.15, -0.1) is 0 Å². The molecule has 0 aliphatic heterocycles. The Bertz CT molecular complexity index is 1280. The van der Waals surface area contributed by atoms with E-state index in [2.05, 4.69) is 4.98 Å². The fourth-order valence-corrected chi connectivity index (χ4v) is 3.55. The number of H-pyrrole nitrogens is 1. The summed E-state index contributed by atoms with van der Waals surface area (Å²) in [7, 11) is 0. The number of hydrogen-bond acceptors (Lipinski definition) is 3. The standard InChI is InChI=1S/C20H11Cl2N3O2/c21-12-3-6-14(16(22)9-12)11-1-4-13(5-2-11)25-8-7-17-18(25)19(26)15(10-23)20(27)24-17/h1-9H,(H2,24,26,27). The second-order valence-corrected chi connectivity index (χ2v) is 6.75. The van der Waals surface area contributed by atoms with E-state index in [4.69, 9.17) is 28.5 Å². The monoisotopic (exact) mass is 395 g/mol. The van der Waals surface area contributed by atoms with E-state index >= 15 is 0 Å². The highest BCUT2D eigenvalue weighted by molar-refractivity contribution is 6.36. The van der Waals surface area contributed by atoms with E-state index < -0.39 is 5.56 Å². The van der Waals surface area contributed by atoms with Gasteiger partial charge in [-0.3, -0.25) is 4.79 Å². The van der Waals surface area contributed by atoms with E-state index in [1.54, 1.807) is 35.0 Å². The van der Waals surface area contributed by atoms with E-state index in [-0.39, 0.29) is 11.3 Å². The number of benzene rings is 2. The lowest BCUT2D eigenvalue weighted by atomic mass is 10.1. The van der Waals surface area contributed by atoms with Crippen molar-refractivity contribution in [3.8, 4) is 28.6 Å². The van der Waals surface area contributed by atoms with E-state index in [1.165, 1.54) is 0 Å². The first-order valence-electron chi connectivity index (χ1n) is 7.92. The molecule has 2 aromatic heterocycles. The highest BCUT2D eigenvalue weighted by Gasteiger charge is 2.16. The van der Waals surface area contributed by atoms with E-state index in [1.807, 2.05) is 30.3 Å². The molecule has 0 amide bonds. The average molecular weight is 396 g/mol. The molecular weight excluding hydrogens is 385 g/mol. The second kappa shape index (κ2) is 6.51. The molecule has 7 heteroatoms. The van der Waals surface area contributed by atoms with Gasteiger partial charge in [0.1, 0.15) is 11.6 Å². The van der Waals surface area contributed by atoms with Crippen molar-refractivity contribution in [3.05, 3.63) is 80.7 Å². The van der Waals surface area contributed by atoms with Crippen molar-refractivity contribution < 1.29 is 5.11 Å². The van der Waals surface area contributed by atoms with Gasteiger partial charge in [-0.25, -0.2) is 0 Å². The first-order chi connectivity index (χ1) is 13.0. The van der Waals surface area contributed by atoms with E-state index in [0.29, 0.717) is 21.1 Å². The van der Waals surface area contributed by atoms with Gasteiger partial charge < -0.3 is 14.7 Å². The third kappa shape index (κ3) is 2.85. The van der Waals surface area contributed by atoms with Crippen LogP contribution in [0.5, 0.6) is 5.75 Å². The molecule has 5 nitrogen and oxygen atoms in total. The smallest absolute Gasteiger partial charge is 0.270 e. The summed E-state index contributed by atoms with van der Waals surface area (Å²) < 4.78 is 1.70. The minimum atomic E-state index is -0.618.